The molecule has 7 aliphatic rings. The van der Waals surface area contributed by atoms with E-state index in [9.17, 15) is 40.5 Å². The minimum atomic E-state index is -1.74. The fourth-order valence-electron chi connectivity index (χ4n) is 13.7. The van der Waals surface area contributed by atoms with Gasteiger partial charge in [0.15, 0.2) is 6.29 Å². The highest BCUT2D eigenvalue weighted by Gasteiger charge is 2.86. The maximum absolute atomic E-state index is 14.2. The van der Waals surface area contributed by atoms with Crippen LogP contribution in [0.4, 0.5) is 0 Å². The van der Waals surface area contributed by atoms with Gasteiger partial charge >= 0.3 is 5.97 Å². The molecule has 0 aromatic carbocycles. The molecule has 12 nitrogen and oxygen atoms in total. The maximum atomic E-state index is 14.2. The normalized spacial score (nSPS) is 57.7. The first-order valence-corrected chi connectivity index (χ1v) is 19.1. The summed E-state index contributed by atoms with van der Waals surface area (Å²) in [6.45, 7) is 12.3. The molecule has 12 heteroatoms. The van der Waals surface area contributed by atoms with Gasteiger partial charge in [0.1, 0.15) is 30.0 Å². The van der Waals surface area contributed by atoms with Crippen molar-refractivity contribution >= 4 is 5.97 Å². The standard InChI is InChI=1S/C38H62O12/c1-18(2)38(46)15-21(49-32(38)47-7)19(3)20-10-11-34(5)23-8-9-24-35(6,31(45)50-30-29(44)28(43)27(42)22(16-39)48-30)25(40)14-26(41)37(24)17-36(23,37)13-12-33(20,34)4/h18-30,32,39-44,46H,8-17H2,1-7H3/t19-,20+,21+,22+,23-,24-,25-,26-,27+,28-,29+,30-,32+,33+,34-,35-,36-,37+,38-/m0/s1. The Morgan fingerprint density at radius 3 is 2.16 bits per heavy atom. The molecule has 5 aliphatic carbocycles. The molecule has 0 radical (unpaired) electrons. The van der Waals surface area contributed by atoms with Gasteiger partial charge in [-0.15, -0.1) is 0 Å². The average Bonchev–Trinajstić information content (AvgIpc) is 3.53. The van der Waals surface area contributed by atoms with Gasteiger partial charge in [0.05, 0.1) is 30.3 Å². The summed E-state index contributed by atoms with van der Waals surface area (Å²) < 4.78 is 23.3. The lowest BCUT2D eigenvalue weighted by atomic mass is 9.41. The fourth-order valence-corrected chi connectivity index (χ4v) is 13.7. The number of carbonyl (C=O) groups excluding carboxylic acids is 1. The lowest BCUT2D eigenvalue weighted by Gasteiger charge is -2.64. The molecule has 2 spiro atoms. The van der Waals surface area contributed by atoms with Gasteiger partial charge in [-0.3, -0.25) is 4.79 Å². The highest BCUT2D eigenvalue weighted by atomic mass is 16.7. The van der Waals surface area contributed by atoms with E-state index < -0.39 is 78.2 Å². The summed E-state index contributed by atoms with van der Waals surface area (Å²) in [5, 5.41) is 75.8. The molecule has 5 saturated carbocycles. The van der Waals surface area contributed by atoms with Crippen molar-refractivity contribution in [2.75, 3.05) is 13.7 Å². The van der Waals surface area contributed by atoms with Gasteiger partial charge in [-0.05, 0) is 97.7 Å². The predicted octanol–water partition coefficient (Wildman–Crippen LogP) is 1.87. The number of aliphatic hydroxyl groups excluding tert-OH is 6. The highest BCUT2D eigenvalue weighted by Crippen LogP contribution is 2.89. The van der Waals surface area contributed by atoms with E-state index in [2.05, 4.69) is 20.8 Å². The van der Waals surface area contributed by atoms with Crippen molar-refractivity contribution in [3.63, 3.8) is 0 Å². The van der Waals surface area contributed by atoms with E-state index >= 15 is 0 Å². The number of rotatable bonds is 7. The molecule has 7 N–H and O–H groups in total. The molecule has 0 unspecified atom stereocenters. The Morgan fingerprint density at radius 1 is 0.860 bits per heavy atom. The second-order valence-electron chi connectivity index (χ2n) is 18.6. The largest absolute Gasteiger partial charge is 0.432 e. The zero-order chi connectivity index (χ0) is 36.6. The van der Waals surface area contributed by atoms with Crippen molar-refractivity contribution in [1.82, 2.24) is 0 Å². The number of aliphatic hydroxyl groups is 7. The van der Waals surface area contributed by atoms with E-state index in [1.807, 2.05) is 13.8 Å². The van der Waals surface area contributed by atoms with Gasteiger partial charge in [0.25, 0.3) is 0 Å². The van der Waals surface area contributed by atoms with Crippen LogP contribution in [0.3, 0.4) is 0 Å². The van der Waals surface area contributed by atoms with Crippen molar-refractivity contribution in [2.24, 2.45) is 56.7 Å². The van der Waals surface area contributed by atoms with Crippen LogP contribution in [0.25, 0.3) is 0 Å². The SMILES string of the molecule is CO[C@@H]1O[C@@H]([C@@H](C)[C@H]2CC[C@@]3(C)[C@@H]4CC[C@H]5[C@](C)(C(=O)O[C@@H]6O[C@H](CO)[C@@H](O)[C@H](O)[C@H]6O)[C@@H](O)C[C@H](O)[C@@]56C[C@@]46CC[C@]23C)C[C@]1(O)C(C)C. The van der Waals surface area contributed by atoms with Gasteiger partial charge in [-0.25, -0.2) is 0 Å². The average molecular weight is 711 g/mol. The van der Waals surface area contributed by atoms with E-state index in [1.165, 1.54) is 0 Å². The summed E-state index contributed by atoms with van der Waals surface area (Å²) in [7, 11) is 1.60. The maximum Gasteiger partial charge on any atom is 0.317 e. The number of esters is 1. The summed E-state index contributed by atoms with van der Waals surface area (Å²) in [4.78, 5) is 14.2. The lowest BCUT2D eigenvalue weighted by molar-refractivity contribution is -0.300. The van der Waals surface area contributed by atoms with E-state index in [1.54, 1.807) is 14.0 Å². The molecule has 0 bridgehead atoms. The van der Waals surface area contributed by atoms with Gasteiger partial charge < -0.3 is 54.7 Å². The van der Waals surface area contributed by atoms with E-state index in [0.29, 0.717) is 24.7 Å². The number of carbonyl (C=O) groups is 1. The number of methoxy groups -OCH3 is 1. The Hall–Kier alpha value is -0.930. The summed E-state index contributed by atoms with van der Waals surface area (Å²) in [6.07, 6.45) is -3.86. The minimum Gasteiger partial charge on any atom is -0.432 e. The van der Waals surface area contributed by atoms with Crippen LogP contribution in [0.1, 0.15) is 99.3 Å². The number of hydrogen-bond acceptors (Lipinski definition) is 12. The van der Waals surface area contributed by atoms with Gasteiger partial charge in [0.2, 0.25) is 6.29 Å². The van der Waals surface area contributed by atoms with Crippen molar-refractivity contribution in [1.29, 1.82) is 0 Å². The fraction of sp³-hybridized carbons (Fsp3) is 0.974. The Kier molecular flexibility index (Phi) is 9.00. The molecule has 0 aromatic rings. The second-order valence-corrected chi connectivity index (χ2v) is 18.6. The molecular weight excluding hydrogens is 648 g/mol. The zero-order valence-corrected chi connectivity index (χ0v) is 30.8. The van der Waals surface area contributed by atoms with E-state index in [-0.39, 0.29) is 46.5 Å². The molecule has 7 fully saturated rings. The first-order valence-electron chi connectivity index (χ1n) is 19.1. The lowest BCUT2D eigenvalue weighted by Crippen LogP contribution is -2.65. The van der Waals surface area contributed by atoms with Crippen LogP contribution in [-0.2, 0) is 23.7 Å². The van der Waals surface area contributed by atoms with Crippen LogP contribution in [0.15, 0.2) is 0 Å². The topological polar surface area (TPSA) is 196 Å². The predicted molar refractivity (Wildman–Crippen MR) is 178 cm³/mol. The van der Waals surface area contributed by atoms with Gasteiger partial charge in [-0.2, -0.15) is 0 Å². The second kappa shape index (κ2) is 12.0. The Balaban J connectivity index is 1.14. The smallest absolute Gasteiger partial charge is 0.317 e. The summed E-state index contributed by atoms with van der Waals surface area (Å²) in [5.74, 6) is -0.252. The van der Waals surface area contributed by atoms with Crippen molar-refractivity contribution in [3.05, 3.63) is 0 Å². The summed E-state index contributed by atoms with van der Waals surface area (Å²) in [5.41, 5.74) is -3.21. The van der Waals surface area contributed by atoms with Crippen LogP contribution in [-0.4, -0.2) is 116 Å². The molecule has 0 aromatic heterocycles. The first kappa shape index (κ1) is 37.4. The van der Waals surface area contributed by atoms with Crippen molar-refractivity contribution in [3.8, 4) is 0 Å². The Bertz CT molecular complexity index is 1330. The molecular formula is C38H62O12. The molecule has 2 saturated heterocycles. The van der Waals surface area contributed by atoms with E-state index in [0.717, 1.165) is 38.5 Å². The third kappa shape index (κ3) is 4.56. The quantitative estimate of drug-likeness (QED) is 0.190. The Labute approximate surface area is 295 Å². The first-order chi connectivity index (χ1) is 23.3. The molecule has 19 atom stereocenters. The van der Waals surface area contributed by atoms with Crippen LogP contribution >= 0.6 is 0 Å². The molecule has 2 heterocycles. The van der Waals surface area contributed by atoms with Crippen LogP contribution in [0.2, 0.25) is 0 Å². The summed E-state index contributed by atoms with van der Waals surface area (Å²) in [6, 6.07) is 0. The van der Waals surface area contributed by atoms with Crippen molar-refractivity contribution < 1.29 is 59.5 Å². The molecule has 286 valence electrons. The number of fused-ring (bicyclic) bond motifs is 2. The molecule has 7 rings (SSSR count). The highest BCUT2D eigenvalue weighted by molar-refractivity contribution is 5.78. The summed E-state index contributed by atoms with van der Waals surface area (Å²) >= 11 is 0. The van der Waals surface area contributed by atoms with Crippen LogP contribution in [0, 0.1) is 56.7 Å². The van der Waals surface area contributed by atoms with Gasteiger partial charge in [0, 0.05) is 25.4 Å². The van der Waals surface area contributed by atoms with Gasteiger partial charge in [-0.1, -0.05) is 34.6 Å². The van der Waals surface area contributed by atoms with Crippen LogP contribution in [0.5, 0.6) is 0 Å². The monoisotopic (exact) mass is 710 g/mol. The third-order valence-corrected chi connectivity index (χ3v) is 17.0. The third-order valence-electron chi connectivity index (χ3n) is 17.0. The minimum absolute atomic E-state index is 0.00783. The number of hydrogen-bond donors (Lipinski definition) is 7. The molecule has 0 amide bonds. The number of ether oxygens (including phenoxy) is 4. The van der Waals surface area contributed by atoms with Crippen LogP contribution < -0.4 is 0 Å². The molecule has 2 aliphatic heterocycles. The Morgan fingerprint density at radius 2 is 1.54 bits per heavy atom. The van der Waals surface area contributed by atoms with E-state index in [4.69, 9.17) is 18.9 Å². The van der Waals surface area contributed by atoms with Crippen molar-refractivity contribution in [2.45, 2.75) is 160 Å². The zero-order valence-electron chi connectivity index (χ0n) is 30.8. The molecule has 50 heavy (non-hydrogen) atoms.